The number of aromatic nitrogens is 2. The maximum atomic E-state index is 9.26. The minimum absolute atomic E-state index is 0.144. The Morgan fingerprint density at radius 2 is 2.31 bits per heavy atom. The zero-order chi connectivity index (χ0) is 11.4. The fourth-order valence-corrected chi connectivity index (χ4v) is 2.40. The molecule has 0 amide bonds. The molecule has 0 aromatic carbocycles. The summed E-state index contributed by atoms with van der Waals surface area (Å²) in [5.41, 5.74) is 2.64. The van der Waals surface area contributed by atoms with Gasteiger partial charge in [0.15, 0.2) is 0 Å². The SMILES string of the molecule is CCNC(CO)Cn1cnc2c1CCCC2. The molecule has 0 aliphatic heterocycles. The summed E-state index contributed by atoms with van der Waals surface area (Å²) in [4.78, 5) is 4.46. The van der Waals surface area contributed by atoms with Crippen LogP contribution in [0.5, 0.6) is 0 Å². The lowest BCUT2D eigenvalue weighted by molar-refractivity contribution is 0.229. The lowest BCUT2D eigenvalue weighted by Gasteiger charge is -2.19. The minimum Gasteiger partial charge on any atom is -0.395 e. The number of fused-ring (bicyclic) bond motifs is 1. The van der Waals surface area contributed by atoms with E-state index in [1.54, 1.807) is 0 Å². The second-order valence-electron chi connectivity index (χ2n) is 4.43. The van der Waals surface area contributed by atoms with E-state index in [9.17, 15) is 5.11 Å². The molecule has 1 unspecified atom stereocenters. The summed E-state index contributed by atoms with van der Waals surface area (Å²) < 4.78 is 2.21. The van der Waals surface area contributed by atoms with Crippen molar-refractivity contribution in [2.24, 2.45) is 0 Å². The van der Waals surface area contributed by atoms with E-state index in [2.05, 4.69) is 21.8 Å². The fourth-order valence-electron chi connectivity index (χ4n) is 2.40. The summed E-state index contributed by atoms with van der Waals surface area (Å²) in [6.07, 6.45) is 6.72. The Morgan fingerprint density at radius 1 is 1.50 bits per heavy atom. The Morgan fingerprint density at radius 3 is 3.06 bits per heavy atom. The number of aliphatic hydroxyl groups excluding tert-OH is 1. The molecular weight excluding hydrogens is 202 g/mol. The van der Waals surface area contributed by atoms with E-state index in [1.807, 2.05) is 6.33 Å². The molecule has 0 saturated carbocycles. The Kier molecular flexibility index (Phi) is 3.96. The second-order valence-corrected chi connectivity index (χ2v) is 4.43. The predicted octanol–water partition coefficient (Wildman–Crippen LogP) is 0.732. The van der Waals surface area contributed by atoms with Gasteiger partial charge in [-0.1, -0.05) is 6.92 Å². The van der Waals surface area contributed by atoms with Crippen molar-refractivity contribution < 1.29 is 5.11 Å². The second kappa shape index (κ2) is 5.46. The van der Waals surface area contributed by atoms with Crippen molar-refractivity contribution in [3.63, 3.8) is 0 Å². The molecule has 4 heteroatoms. The smallest absolute Gasteiger partial charge is 0.0952 e. The number of nitrogens with one attached hydrogen (secondary N) is 1. The van der Waals surface area contributed by atoms with Gasteiger partial charge in [-0.25, -0.2) is 4.98 Å². The van der Waals surface area contributed by atoms with E-state index in [4.69, 9.17) is 0 Å². The molecule has 2 N–H and O–H groups in total. The highest BCUT2D eigenvalue weighted by Crippen LogP contribution is 2.19. The van der Waals surface area contributed by atoms with Crippen LogP contribution in [0.2, 0.25) is 0 Å². The van der Waals surface area contributed by atoms with E-state index in [1.165, 1.54) is 24.2 Å². The third-order valence-electron chi connectivity index (χ3n) is 3.24. The number of hydrogen-bond donors (Lipinski definition) is 2. The first-order valence-electron chi connectivity index (χ1n) is 6.22. The average Bonchev–Trinajstić information content (AvgIpc) is 2.72. The first kappa shape index (κ1) is 11.6. The molecule has 1 aromatic heterocycles. The van der Waals surface area contributed by atoms with Crippen molar-refractivity contribution in [3.8, 4) is 0 Å². The molecule has 16 heavy (non-hydrogen) atoms. The van der Waals surface area contributed by atoms with Gasteiger partial charge in [0.2, 0.25) is 0 Å². The highest BCUT2D eigenvalue weighted by atomic mass is 16.3. The van der Waals surface area contributed by atoms with Gasteiger partial charge in [0, 0.05) is 18.3 Å². The van der Waals surface area contributed by atoms with Crippen LogP contribution in [0.1, 0.15) is 31.2 Å². The molecule has 2 rings (SSSR count). The van der Waals surface area contributed by atoms with Crippen LogP contribution in [-0.2, 0) is 19.4 Å². The van der Waals surface area contributed by atoms with Crippen molar-refractivity contribution in [1.82, 2.24) is 14.9 Å². The molecular formula is C12H21N3O. The van der Waals surface area contributed by atoms with Gasteiger partial charge in [-0.3, -0.25) is 0 Å². The highest BCUT2D eigenvalue weighted by molar-refractivity contribution is 5.16. The third kappa shape index (κ3) is 2.44. The number of hydrogen-bond acceptors (Lipinski definition) is 3. The minimum atomic E-state index is 0.144. The lowest BCUT2D eigenvalue weighted by Crippen LogP contribution is -2.36. The first-order chi connectivity index (χ1) is 7.85. The molecule has 4 nitrogen and oxygen atoms in total. The van der Waals surface area contributed by atoms with Gasteiger partial charge in [0.25, 0.3) is 0 Å². The largest absolute Gasteiger partial charge is 0.395 e. The van der Waals surface area contributed by atoms with E-state index in [-0.39, 0.29) is 12.6 Å². The fraction of sp³-hybridized carbons (Fsp3) is 0.750. The summed E-state index contributed by atoms with van der Waals surface area (Å²) >= 11 is 0. The van der Waals surface area contributed by atoms with Gasteiger partial charge in [-0.2, -0.15) is 0 Å². The van der Waals surface area contributed by atoms with Crippen LogP contribution in [0.15, 0.2) is 6.33 Å². The van der Waals surface area contributed by atoms with Crippen LogP contribution in [0, 0.1) is 0 Å². The maximum Gasteiger partial charge on any atom is 0.0952 e. The number of imidazole rings is 1. The van der Waals surface area contributed by atoms with Gasteiger partial charge in [0.1, 0.15) is 0 Å². The zero-order valence-electron chi connectivity index (χ0n) is 9.95. The quantitative estimate of drug-likeness (QED) is 0.774. The van der Waals surface area contributed by atoms with Crippen molar-refractivity contribution >= 4 is 0 Å². The highest BCUT2D eigenvalue weighted by Gasteiger charge is 2.16. The molecule has 0 fully saturated rings. The number of aliphatic hydroxyl groups is 1. The van der Waals surface area contributed by atoms with Gasteiger partial charge >= 0.3 is 0 Å². The van der Waals surface area contributed by atoms with Crippen molar-refractivity contribution in [1.29, 1.82) is 0 Å². The number of rotatable bonds is 5. The third-order valence-corrected chi connectivity index (χ3v) is 3.24. The van der Waals surface area contributed by atoms with Crippen LogP contribution in [0.3, 0.4) is 0 Å². The first-order valence-corrected chi connectivity index (χ1v) is 6.22. The summed E-state index contributed by atoms with van der Waals surface area (Å²) in [7, 11) is 0. The lowest BCUT2D eigenvalue weighted by atomic mass is 10.0. The molecule has 0 spiro atoms. The summed E-state index contributed by atoms with van der Waals surface area (Å²) in [5.74, 6) is 0. The van der Waals surface area contributed by atoms with E-state index in [0.717, 1.165) is 25.9 Å². The summed E-state index contributed by atoms with van der Waals surface area (Å²) in [5, 5.41) is 12.5. The molecule has 0 bridgehead atoms. The number of likely N-dealkylation sites (N-methyl/N-ethyl adjacent to an activating group) is 1. The van der Waals surface area contributed by atoms with Crippen LogP contribution in [-0.4, -0.2) is 33.9 Å². The van der Waals surface area contributed by atoms with E-state index >= 15 is 0 Å². The summed E-state index contributed by atoms with van der Waals surface area (Å²) in [6, 6.07) is 0.144. The Labute approximate surface area is 96.7 Å². The topological polar surface area (TPSA) is 50.1 Å². The average molecular weight is 223 g/mol. The standard InChI is InChI=1S/C12H21N3O/c1-2-13-10(8-16)7-15-9-14-11-5-3-4-6-12(11)15/h9-10,13,16H,2-8H2,1H3. The van der Waals surface area contributed by atoms with Crippen LogP contribution >= 0.6 is 0 Å². The zero-order valence-corrected chi connectivity index (χ0v) is 9.95. The molecule has 0 radical (unpaired) electrons. The van der Waals surface area contributed by atoms with Gasteiger partial charge in [0.05, 0.1) is 18.6 Å². The van der Waals surface area contributed by atoms with Gasteiger partial charge in [-0.15, -0.1) is 0 Å². The molecule has 1 aromatic rings. The molecule has 1 atom stereocenters. The van der Waals surface area contributed by atoms with Crippen molar-refractivity contribution in [2.75, 3.05) is 13.2 Å². The Balaban J connectivity index is 2.05. The molecule has 90 valence electrons. The van der Waals surface area contributed by atoms with Crippen molar-refractivity contribution in [3.05, 3.63) is 17.7 Å². The number of aryl methyl sites for hydroxylation is 1. The Bertz CT molecular complexity index is 335. The molecule has 1 heterocycles. The summed E-state index contributed by atoms with van der Waals surface area (Å²) in [6.45, 7) is 3.96. The van der Waals surface area contributed by atoms with Crippen LogP contribution in [0.4, 0.5) is 0 Å². The normalized spacial score (nSPS) is 17.1. The van der Waals surface area contributed by atoms with Crippen LogP contribution in [0.25, 0.3) is 0 Å². The molecule has 0 saturated heterocycles. The van der Waals surface area contributed by atoms with Gasteiger partial charge in [-0.05, 0) is 32.2 Å². The van der Waals surface area contributed by atoms with Crippen molar-refractivity contribution in [2.45, 2.75) is 45.2 Å². The van der Waals surface area contributed by atoms with E-state index < -0.39 is 0 Å². The Hall–Kier alpha value is -0.870. The predicted molar refractivity (Wildman–Crippen MR) is 63.4 cm³/mol. The van der Waals surface area contributed by atoms with Gasteiger partial charge < -0.3 is 15.0 Å². The molecule has 1 aliphatic carbocycles. The van der Waals surface area contributed by atoms with E-state index in [0.29, 0.717) is 0 Å². The monoisotopic (exact) mass is 223 g/mol. The van der Waals surface area contributed by atoms with Crippen LogP contribution < -0.4 is 5.32 Å². The maximum absolute atomic E-state index is 9.26. The number of nitrogens with zero attached hydrogens (tertiary/aromatic N) is 2. The molecule has 1 aliphatic rings.